The number of pyridine rings is 1. The Morgan fingerprint density at radius 1 is 1.27 bits per heavy atom. The van der Waals surface area contributed by atoms with E-state index in [9.17, 15) is 0 Å². The average Bonchev–Trinajstić information content (AvgIpc) is 2.14. The molecule has 0 bridgehead atoms. The van der Waals surface area contributed by atoms with Crippen LogP contribution in [0.3, 0.4) is 0 Å². The molecule has 0 aliphatic carbocycles. The average molecular weight is 210 g/mol. The van der Waals surface area contributed by atoms with Crippen LogP contribution >= 0.6 is 0 Å². The maximum absolute atomic E-state index is 5.50. The van der Waals surface area contributed by atoms with Gasteiger partial charge >= 0.3 is 0 Å². The van der Waals surface area contributed by atoms with Gasteiger partial charge in [-0.15, -0.1) is 0 Å². The minimum Gasteiger partial charge on any atom is -0.475 e. The number of aromatic nitrogens is 1. The summed E-state index contributed by atoms with van der Waals surface area (Å²) in [6.07, 6.45) is 1.57. The molecule has 0 amide bonds. The van der Waals surface area contributed by atoms with Crippen molar-refractivity contribution < 1.29 is 9.47 Å². The van der Waals surface area contributed by atoms with Crippen LogP contribution in [0.2, 0.25) is 0 Å². The van der Waals surface area contributed by atoms with Crippen molar-refractivity contribution in [2.24, 2.45) is 0 Å². The first kappa shape index (κ1) is 11.8. The first-order valence-corrected chi connectivity index (χ1v) is 4.96. The Bertz CT molecular complexity index is 290. The third kappa shape index (κ3) is 5.22. The van der Waals surface area contributed by atoms with Crippen LogP contribution in [0.15, 0.2) is 18.3 Å². The summed E-state index contributed by atoms with van der Waals surface area (Å²) in [5, 5.41) is 0. The Balaban J connectivity index is 2.23. The van der Waals surface area contributed by atoms with Gasteiger partial charge in [0.2, 0.25) is 5.88 Å². The minimum absolute atomic E-state index is 0.127. The van der Waals surface area contributed by atoms with Crippen molar-refractivity contribution in [3.8, 4) is 5.88 Å². The lowest BCUT2D eigenvalue weighted by molar-refractivity contribution is -0.0168. The molecule has 84 valence electrons. The number of hydrogen-bond donors (Lipinski definition) is 1. The Morgan fingerprint density at radius 2 is 2.00 bits per heavy atom. The largest absolute Gasteiger partial charge is 0.475 e. The van der Waals surface area contributed by atoms with Gasteiger partial charge in [-0.1, -0.05) is 0 Å². The predicted octanol–water partition coefficient (Wildman–Crippen LogP) is 1.86. The summed E-state index contributed by atoms with van der Waals surface area (Å²) in [7, 11) is 0. The predicted molar refractivity (Wildman–Crippen MR) is 59.8 cm³/mol. The van der Waals surface area contributed by atoms with E-state index < -0.39 is 0 Å². The molecule has 1 aromatic rings. The standard InChI is InChI=1S/C11H18N2O2/c1-11(2,3)15-7-6-14-10-5-4-9(12)8-13-10/h4-5,8H,6-7,12H2,1-3H3. The highest BCUT2D eigenvalue weighted by molar-refractivity contribution is 5.35. The number of rotatable bonds is 4. The molecule has 0 unspecified atom stereocenters. The van der Waals surface area contributed by atoms with Gasteiger partial charge in [-0.2, -0.15) is 0 Å². The van der Waals surface area contributed by atoms with Crippen molar-refractivity contribution in [2.45, 2.75) is 26.4 Å². The Kier molecular flexibility index (Phi) is 3.91. The lowest BCUT2D eigenvalue weighted by Gasteiger charge is -2.19. The molecule has 1 heterocycles. The normalized spacial score (nSPS) is 11.4. The lowest BCUT2D eigenvalue weighted by Crippen LogP contribution is -2.22. The summed E-state index contributed by atoms with van der Waals surface area (Å²) in [5.74, 6) is 0.571. The molecule has 2 N–H and O–H groups in total. The second kappa shape index (κ2) is 4.98. The number of anilines is 1. The molecule has 4 heteroatoms. The van der Waals surface area contributed by atoms with E-state index in [1.54, 1.807) is 18.3 Å². The molecule has 0 aromatic carbocycles. The fourth-order valence-corrected chi connectivity index (χ4v) is 0.971. The van der Waals surface area contributed by atoms with Crippen molar-refractivity contribution in [3.05, 3.63) is 18.3 Å². The van der Waals surface area contributed by atoms with Crippen LogP contribution in [0.25, 0.3) is 0 Å². The fraction of sp³-hybridized carbons (Fsp3) is 0.545. The molecule has 4 nitrogen and oxygen atoms in total. The van der Waals surface area contributed by atoms with E-state index in [4.69, 9.17) is 15.2 Å². The quantitative estimate of drug-likeness (QED) is 0.771. The van der Waals surface area contributed by atoms with Crippen molar-refractivity contribution >= 4 is 5.69 Å². The SMILES string of the molecule is CC(C)(C)OCCOc1ccc(N)cn1. The first-order valence-electron chi connectivity index (χ1n) is 4.96. The molecular formula is C11H18N2O2. The second-order valence-electron chi connectivity index (χ2n) is 4.24. The first-order chi connectivity index (χ1) is 6.97. The van der Waals surface area contributed by atoms with E-state index in [0.29, 0.717) is 24.8 Å². The van der Waals surface area contributed by atoms with Crippen LogP contribution in [0, 0.1) is 0 Å². The van der Waals surface area contributed by atoms with Gasteiger partial charge in [0.15, 0.2) is 0 Å². The Hall–Kier alpha value is -1.29. The number of nitrogens with zero attached hydrogens (tertiary/aromatic N) is 1. The van der Waals surface area contributed by atoms with Gasteiger partial charge in [0.05, 0.1) is 24.1 Å². The highest BCUT2D eigenvalue weighted by Gasteiger charge is 2.09. The highest BCUT2D eigenvalue weighted by Crippen LogP contribution is 2.09. The van der Waals surface area contributed by atoms with Crippen molar-refractivity contribution in [2.75, 3.05) is 18.9 Å². The van der Waals surface area contributed by atoms with E-state index in [2.05, 4.69) is 4.98 Å². The molecule has 0 radical (unpaired) electrons. The third-order valence-electron chi connectivity index (χ3n) is 1.63. The van der Waals surface area contributed by atoms with Gasteiger partial charge in [0, 0.05) is 6.07 Å². The summed E-state index contributed by atoms with van der Waals surface area (Å²) in [5.41, 5.74) is 6.00. The van der Waals surface area contributed by atoms with Gasteiger partial charge in [-0.05, 0) is 26.8 Å². The van der Waals surface area contributed by atoms with Crippen molar-refractivity contribution in [1.82, 2.24) is 4.98 Å². The molecule has 0 spiro atoms. The summed E-state index contributed by atoms with van der Waals surface area (Å²) < 4.78 is 10.9. The van der Waals surface area contributed by atoms with E-state index >= 15 is 0 Å². The second-order valence-corrected chi connectivity index (χ2v) is 4.24. The van der Waals surface area contributed by atoms with Crippen LogP contribution < -0.4 is 10.5 Å². The fourth-order valence-electron chi connectivity index (χ4n) is 0.971. The topological polar surface area (TPSA) is 57.4 Å². The minimum atomic E-state index is -0.127. The van der Waals surface area contributed by atoms with Crippen molar-refractivity contribution in [1.29, 1.82) is 0 Å². The molecule has 0 saturated carbocycles. The van der Waals surface area contributed by atoms with Crippen LogP contribution in [-0.2, 0) is 4.74 Å². The van der Waals surface area contributed by atoms with Gasteiger partial charge < -0.3 is 15.2 Å². The van der Waals surface area contributed by atoms with E-state index in [-0.39, 0.29) is 5.60 Å². The van der Waals surface area contributed by atoms with Gasteiger partial charge in [-0.3, -0.25) is 0 Å². The molecule has 1 aromatic heterocycles. The Morgan fingerprint density at radius 3 is 2.53 bits per heavy atom. The lowest BCUT2D eigenvalue weighted by atomic mass is 10.2. The smallest absolute Gasteiger partial charge is 0.213 e. The number of nitrogens with two attached hydrogens (primary N) is 1. The summed E-state index contributed by atoms with van der Waals surface area (Å²) in [6, 6.07) is 3.50. The maximum Gasteiger partial charge on any atom is 0.213 e. The molecule has 0 aliphatic heterocycles. The molecule has 0 aliphatic rings. The molecule has 15 heavy (non-hydrogen) atoms. The summed E-state index contributed by atoms with van der Waals surface area (Å²) >= 11 is 0. The number of nitrogen functional groups attached to an aromatic ring is 1. The molecule has 1 rings (SSSR count). The van der Waals surface area contributed by atoms with Gasteiger partial charge in [-0.25, -0.2) is 4.98 Å². The van der Waals surface area contributed by atoms with Crippen LogP contribution in [0.5, 0.6) is 5.88 Å². The molecule has 0 fully saturated rings. The van der Waals surface area contributed by atoms with E-state index in [1.165, 1.54) is 0 Å². The maximum atomic E-state index is 5.50. The highest BCUT2D eigenvalue weighted by atomic mass is 16.5. The molecule has 0 atom stereocenters. The van der Waals surface area contributed by atoms with Gasteiger partial charge in [0.25, 0.3) is 0 Å². The monoisotopic (exact) mass is 210 g/mol. The third-order valence-corrected chi connectivity index (χ3v) is 1.63. The molecular weight excluding hydrogens is 192 g/mol. The summed E-state index contributed by atoms with van der Waals surface area (Å²) in [4.78, 5) is 4.01. The molecule has 0 saturated heterocycles. The van der Waals surface area contributed by atoms with Crippen LogP contribution in [0.4, 0.5) is 5.69 Å². The summed E-state index contributed by atoms with van der Waals surface area (Å²) in [6.45, 7) is 7.07. The van der Waals surface area contributed by atoms with Crippen molar-refractivity contribution in [3.63, 3.8) is 0 Å². The zero-order valence-electron chi connectivity index (χ0n) is 9.49. The zero-order valence-corrected chi connectivity index (χ0v) is 9.49. The Labute approximate surface area is 90.4 Å². The number of hydrogen-bond acceptors (Lipinski definition) is 4. The van der Waals surface area contributed by atoms with E-state index in [1.807, 2.05) is 20.8 Å². The van der Waals surface area contributed by atoms with E-state index in [0.717, 1.165) is 0 Å². The number of ether oxygens (including phenoxy) is 2. The van der Waals surface area contributed by atoms with Gasteiger partial charge in [0.1, 0.15) is 6.61 Å². The van der Waals surface area contributed by atoms with Crippen LogP contribution in [-0.4, -0.2) is 23.8 Å². The van der Waals surface area contributed by atoms with Crippen LogP contribution in [0.1, 0.15) is 20.8 Å². The zero-order chi connectivity index (χ0) is 11.3.